The van der Waals surface area contributed by atoms with E-state index < -0.39 is 0 Å². The highest BCUT2D eigenvalue weighted by atomic mass is 14.6. The van der Waals surface area contributed by atoms with Crippen LogP contribution in [0.1, 0.15) is 24.0 Å². The lowest BCUT2D eigenvalue weighted by Gasteiger charge is -2.08. The summed E-state index contributed by atoms with van der Waals surface area (Å²) < 4.78 is 0. The van der Waals surface area contributed by atoms with Crippen LogP contribution in [0, 0.1) is 6.92 Å². The zero-order chi connectivity index (χ0) is 10.6. The second-order valence-corrected chi connectivity index (χ2v) is 3.65. The number of hydrogen-bond donors (Lipinski definition) is 3. The van der Waals surface area contributed by atoms with Crippen LogP contribution in [-0.2, 0) is 6.42 Å². The van der Waals surface area contributed by atoms with Crippen LogP contribution in [0.4, 0.5) is 11.4 Å². The molecule has 0 amide bonds. The number of anilines is 2. The first-order chi connectivity index (χ1) is 6.65. The van der Waals surface area contributed by atoms with Gasteiger partial charge in [0.25, 0.3) is 0 Å². The first-order valence-corrected chi connectivity index (χ1v) is 4.99. The molecule has 6 N–H and O–H groups in total. The zero-order valence-electron chi connectivity index (χ0n) is 8.72. The van der Waals surface area contributed by atoms with Crippen LogP contribution in [0.5, 0.6) is 0 Å². The van der Waals surface area contributed by atoms with Crippen LogP contribution in [-0.4, -0.2) is 6.54 Å². The normalized spacial score (nSPS) is 10.4. The number of nitrogen functional groups attached to an aromatic ring is 2. The molecule has 14 heavy (non-hydrogen) atoms. The minimum Gasteiger partial charge on any atom is -0.399 e. The average molecular weight is 193 g/mol. The lowest BCUT2D eigenvalue weighted by atomic mass is 10.0. The van der Waals surface area contributed by atoms with Gasteiger partial charge in [-0.1, -0.05) is 0 Å². The van der Waals surface area contributed by atoms with E-state index in [1.807, 2.05) is 19.1 Å². The lowest BCUT2D eigenvalue weighted by molar-refractivity contribution is 0.746. The summed E-state index contributed by atoms with van der Waals surface area (Å²) in [4.78, 5) is 0. The van der Waals surface area contributed by atoms with Crippen molar-refractivity contribution >= 4 is 11.4 Å². The molecule has 1 rings (SSSR count). The van der Waals surface area contributed by atoms with Gasteiger partial charge in [-0.05, 0) is 56.0 Å². The summed E-state index contributed by atoms with van der Waals surface area (Å²) in [6, 6.07) is 3.91. The third kappa shape index (κ3) is 2.64. The minimum atomic E-state index is 0.737. The van der Waals surface area contributed by atoms with E-state index >= 15 is 0 Å². The van der Waals surface area contributed by atoms with Crippen molar-refractivity contribution in [2.45, 2.75) is 26.2 Å². The summed E-state index contributed by atoms with van der Waals surface area (Å²) >= 11 is 0. The molecule has 3 heteroatoms. The van der Waals surface area contributed by atoms with Gasteiger partial charge in [-0.3, -0.25) is 0 Å². The number of unbranched alkanes of at least 4 members (excludes halogenated alkanes) is 1. The maximum absolute atomic E-state index is 5.89. The molecule has 0 bridgehead atoms. The molecule has 78 valence electrons. The highest BCUT2D eigenvalue weighted by Gasteiger charge is 2.02. The predicted molar refractivity (Wildman–Crippen MR) is 62.0 cm³/mol. The maximum atomic E-state index is 5.89. The van der Waals surface area contributed by atoms with Crippen molar-refractivity contribution in [1.82, 2.24) is 0 Å². The molecule has 1 aromatic rings. The Bertz CT molecular complexity index is 308. The van der Waals surface area contributed by atoms with Gasteiger partial charge in [-0.25, -0.2) is 0 Å². The molecule has 0 atom stereocenters. The van der Waals surface area contributed by atoms with E-state index in [0.29, 0.717) is 0 Å². The second-order valence-electron chi connectivity index (χ2n) is 3.65. The quantitative estimate of drug-likeness (QED) is 0.500. The van der Waals surface area contributed by atoms with Gasteiger partial charge in [0.15, 0.2) is 0 Å². The molecule has 0 aliphatic carbocycles. The molecular weight excluding hydrogens is 174 g/mol. The number of nitrogens with two attached hydrogens (primary N) is 3. The van der Waals surface area contributed by atoms with E-state index in [0.717, 1.165) is 48.3 Å². The van der Waals surface area contributed by atoms with E-state index in [4.69, 9.17) is 17.2 Å². The molecule has 0 fully saturated rings. The van der Waals surface area contributed by atoms with Crippen molar-refractivity contribution in [2.75, 3.05) is 18.0 Å². The summed E-state index contributed by atoms with van der Waals surface area (Å²) in [5, 5.41) is 0. The third-order valence-corrected chi connectivity index (χ3v) is 2.43. The Morgan fingerprint density at radius 1 is 1.07 bits per heavy atom. The van der Waals surface area contributed by atoms with Crippen molar-refractivity contribution in [3.05, 3.63) is 23.3 Å². The fourth-order valence-electron chi connectivity index (χ4n) is 1.47. The summed E-state index contributed by atoms with van der Waals surface area (Å²) in [7, 11) is 0. The SMILES string of the molecule is Cc1cc(N)c(CCCCN)cc1N. The number of aryl methyl sites for hydroxylation is 2. The van der Waals surface area contributed by atoms with Gasteiger partial charge < -0.3 is 17.2 Å². The Morgan fingerprint density at radius 2 is 1.79 bits per heavy atom. The van der Waals surface area contributed by atoms with E-state index in [1.165, 1.54) is 0 Å². The topological polar surface area (TPSA) is 78.1 Å². The van der Waals surface area contributed by atoms with Gasteiger partial charge >= 0.3 is 0 Å². The minimum absolute atomic E-state index is 0.737. The molecular formula is C11H19N3. The summed E-state index contributed by atoms with van der Waals surface area (Å²) in [5.74, 6) is 0. The fraction of sp³-hybridized carbons (Fsp3) is 0.455. The molecule has 0 aromatic heterocycles. The second kappa shape index (κ2) is 4.86. The van der Waals surface area contributed by atoms with Crippen LogP contribution >= 0.6 is 0 Å². The Hall–Kier alpha value is -1.22. The summed E-state index contributed by atoms with van der Waals surface area (Å²) in [6.07, 6.45) is 3.07. The van der Waals surface area contributed by atoms with Crippen LogP contribution in [0.25, 0.3) is 0 Å². The van der Waals surface area contributed by atoms with Crippen molar-refractivity contribution in [2.24, 2.45) is 5.73 Å². The molecule has 3 nitrogen and oxygen atoms in total. The molecule has 1 aromatic carbocycles. The standard InChI is InChI=1S/C11H19N3/c1-8-6-11(14)9(7-10(8)13)4-2-3-5-12/h6-7H,2-5,12-14H2,1H3. The molecule has 0 saturated carbocycles. The monoisotopic (exact) mass is 193 g/mol. The fourth-order valence-corrected chi connectivity index (χ4v) is 1.47. The Morgan fingerprint density at radius 3 is 2.43 bits per heavy atom. The van der Waals surface area contributed by atoms with E-state index in [1.54, 1.807) is 0 Å². The first kappa shape index (κ1) is 10.9. The van der Waals surface area contributed by atoms with Crippen molar-refractivity contribution in [1.29, 1.82) is 0 Å². The largest absolute Gasteiger partial charge is 0.399 e. The van der Waals surface area contributed by atoms with E-state index in [-0.39, 0.29) is 0 Å². The third-order valence-electron chi connectivity index (χ3n) is 2.43. The zero-order valence-corrected chi connectivity index (χ0v) is 8.72. The lowest BCUT2D eigenvalue weighted by Crippen LogP contribution is -2.02. The summed E-state index contributed by atoms with van der Waals surface area (Å²) in [5.41, 5.74) is 21.0. The number of rotatable bonds is 4. The summed E-state index contributed by atoms with van der Waals surface area (Å²) in [6.45, 7) is 2.70. The van der Waals surface area contributed by atoms with Crippen LogP contribution in [0.15, 0.2) is 12.1 Å². The highest BCUT2D eigenvalue weighted by molar-refractivity contribution is 5.59. The van der Waals surface area contributed by atoms with E-state index in [9.17, 15) is 0 Å². The van der Waals surface area contributed by atoms with Gasteiger partial charge in [0.1, 0.15) is 0 Å². The van der Waals surface area contributed by atoms with Crippen molar-refractivity contribution in [3.8, 4) is 0 Å². The van der Waals surface area contributed by atoms with Crippen molar-refractivity contribution in [3.63, 3.8) is 0 Å². The number of benzene rings is 1. The van der Waals surface area contributed by atoms with Gasteiger partial charge in [0.2, 0.25) is 0 Å². The van der Waals surface area contributed by atoms with Gasteiger partial charge in [-0.15, -0.1) is 0 Å². The van der Waals surface area contributed by atoms with Crippen LogP contribution in [0.3, 0.4) is 0 Å². The predicted octanol–water partition coefficient (Wildman–Crippen LogP) is 1.44. The van der Waals surface area contributed by atoms with Gasteiger partial charge in [-0.2, -0.15) is 0 Å². The van der Waals surface area contributed by atoms with Gasteiger partial charge in [0.05, 0.1) is 0 Å². The molecule has 0 spiro atoms. The molecule has 0 saturated heterocycles. The number of hydrogen-bond acceptors (Lipinski definition) is 3. The maximum Gasteiger partial charge on any atom is 0.0350 e. The van der Waals surface area contributed by atoms with Crippen LogP contribution in [0.2, 0.25) is 0 Å². The molecule has 0 radical (unpaired) electrons. The van der Waals surface area contributed by atoms with Crippen LogP contribution < -0.4 is 17.2 Å². The molecule has 0 aliphatic rings. The molecule has 0 heterocycles. The van der Waals surface area contributed by atoms with Crippen molar-refractivity contribution < 1.29 is 0 Å². The average Bonchev–Trinajstić information content (AvgIpc) is 2.14. The highest BCUT2D eigenvalue weighted by Crippen LogP contribution is 2.21. The van der Waals surface area contributed by atoms with E-state index in [2.05, 4.69) is 0 Å². The Labute approximate surface area is 85.3 Å². The Kier molecular flexibility index (Phi) is 3.77. The molecule has 0 unspecified atom stereocenters. The first-order valence-electron chi connectivity index (χ1n) is 4.99. The smallest absolute Gasteiger partial charge is 0.0350 e. The molecule has 0 aliphatic heterocycles. The van der Waals surface area contributed by atoms with Gasteiger partial charge in [0, 0.05) is 11.4 Å². The Balaban J connectivity index is 2.72.